The van der Waals surface area contributed by atoms with Gasteiger partial charge in [-0.1, -0.05) is 12.1 Å². The number of amides is 2. The number of nitrogens with one attached hydrogen (secondary N) is 1. The zero-order chi connectivity index (χ0) is 23.4. The molecule has 1 aromatic heterocycles. The molecule has 0 bridgehead atoms. The van der Waals surface area contributed by atoms with E-state index in [9.17, 15) is 14.4 Å². The van der Waals surface area contributed by atoms with Crippen molar-refractivity contribution in [1.82, 2.24) is 19.8 Å². The molecule has 0 aliphatic carbocycles. The number of fused-ring (bicyclic) bond motifs is 1. The average molecular weight is 444 g/mol. The van der Waals surface area contributed by atoms with Crippen LogP contribution in [0.15, 0.2) is 53.6 Å². The Morgan fingerprint density at radius 1 is 1.09 bits per heavy atom. The minimum Gasteiger partial charge on any atom is -0.368 e. The molecule has 2 heterocycles. The molecule has 33 heavy (non-hydrogen) atoms. The molecule has 2 aromatic carbocycles. The second-order valence-corrected chi connectivity index (χ2v) is 7.96. The van der Waals surface area contributed by atoms with Crippen LogP contribution in [0.4, 0.5) is 5.69 Å². The largest absolute Gasteiger partial charge is 0.368 e. The van der Waals surface area contributed by atoms with Crippen molar-refractivity contribution in [3.63, 3.8) is 0 Å². The molecule has 1 aliphatic heterocycles. The number of hydrogen-bond acceptors (Lipinski definition) is 6. The lowest BCUT2D eigenvalue weighted by molar-refractivity contribution is -0.129. The van der Waals surface area contributed by atoms with Gasteiger partial charge >= 0.3 is 0 Å². The number of anilines is 1. The summed E-state index contributed by atoms with van der Waals surface area (Å²) >= 11 is 0. The van der Waals surface area contributed by atoms with Crippen molar-refractivity contribution in [3.8, 4) is 6.07 Å². The summed E-state index contributed by atoms with van der Waals surface area (Å²) < 4.78 is 1.30. The van der Waals surface area contributed by atoms with E-state index in [2.05, 4.69) is 21.3 Å². The standard InChI is InChI=1S/C24H24N6O3/c1-17(31)28-8-10-29(11-9-28)20-6-7-22-21(12-20)24(33)30(16-27-22)15-23(32)26-14-19-4-2-18(13-25)3-5-19/h2-7,12,16H,8-11,14-15H2,1H3,(H,26,32). The van der Waals surface area contributed by atoms with Crippen LogP contribution in [-0.4, -0.2) is 52.4 Å². The number of hydrogen-bond donors (Lipinski definition) is 1. The smallest absolute Gasteiger partial charge is 0.261 e. The van der Waals surface area contributed by atoms with Crippen LogP contribution in [-0.2, 0) is 22.7 Å². The highest BCUT2D eigenvalue weighted by molar-refractivity contribution is 5.82. The van der Waals surface area contributed by atoms with Crippen molar-refractivity contribution in [3.05, 3.63) is 70.3 Å². The van der Waals surface area contributed by atoms with Crippen molar-refractivity contribution in [1.29, 1.82) is 5.26 Å². The summed E-state index contributed by atoms with van der Waals surface area (Å²) in [6.45, 7) is 4.40. The maximum absolute atomic E-state index is 13.0. The van der Waals surface area contributed by atoms with E-state index in [-0.39, 0.29) is 23.9 Å². The summed E-state index contributed by atoms with van der Waals surface area (Å²) in [6.07, 6.45) is 1.39. The van der Waals surface area contributed by atoms with Crippen LogP contribution in [0.3, 0.4) is 0 Å². The van der Waals surface area contributed by atoms with Crippen LogP contribution in [0.5, 0.6) is 0 Å². The summed E-state index contributed by atoms with van der Waals surface area (Å²) in [7, 11) is 0. The molecule has 1 aliphatic rings. The van der Waals surface area contributed by atoms with Crippen molar-refractivity contribution in [2.24, 2.45) is 0 Å². The molecule has 2 amide bonds. The second kappa shape index (κ2) is 9.53. The first kappa shape index (κ1) is 22.0. The second-order valence-electron chi connectivity index (χ2n) is 7.96. The average Bonchev–Trinajstić information content (AvgIpc) is 2.84. The minimum atomic E-state index is -0.306. The van der Waals surface area contributed by atoms with Crippen LogP contribution in [0.1, 0.15) is 18.1 Å². The molecule has 0 unspecified atom stereocenters. The van der Waals surface area contributed by atoms with Gasteiger partial charge < -0.3 is 15.1 Å². The maximum atomic E-state index is 13.0. The number of carbonyl (C=O) groups excluding carboxylic acids is 2. The number of nitriles is 1. The zero-order valence-electron chi connectivity index (χ0n) is 18.3. The van der Waals surface area contributed by atoms with E-state index in [1.807, 2.05) is 11.0 Å². The summed E-state index contributed by atoms with van der Waals surface area (Å²) in [5.41, 5.74) is 2.60. The summed E-state index contributed by atoms with van der Waals surface area (Å²) in [4.78, 5) is 45.3. The Morgan fingerprint density at radius 3 is 2.48 bits per heavy atom. The van der Waals surface area contributed by atoms with Gasteiger partial charge in [-0.05, 0) is 35.9 Å². The van der Waals surface area contributed by atoms with Gasteiger partial charge in [-0.2, -0.15) is 5.26 Å². The lowest BCUT2D eigenvalue weighted by atomic mass is 10.1. The van der Waals surface area contributed by atoms with Crippen LogP contribution < -0.4 is 15.8 Å². The van der Waals surface area contributed by atoms with Gasteiger partial charge in [0.2, 0.25) is 11.8 Å². The van der Waals surface area contributed by atoms with E-state index in [4.69, 9.17) is 5.26 Å². The van der Waals surface area contributed by atoms with E-state index in [0.29, 0.717) is 49.2 Å². The molecular weight excluding hydrogens is 420 g/mol. The van der Waals surface area contributed by atoms with Crippen LogP contribution in [0, 0.1) is 11.3 Å². The molecule has 9 nitrogen and oxygen atoms in total. The summed E-state index contributed by atoms with van der Waals surface area (Å²) in [5.74, 6) is -0.239. The topological polar surface area (TPSA) is 111 Å². The molecule has 0 spiro atoms. The van der Waals surface area contributed by atoms with Crippen molar-refractivity contribution in [2.45, 2.75) is 20.0 Å². The van der Waals surface area contributed by atoms with Crippen LogP contribution in [0.2, 0.25) is 0 Å². The highest BCUT2D eigenvalue weighted by Gasteiger charge is 2.19. The fourth-order valence-corrected chi connectivity index (χ4v) is 3.84. The number of benzene rings is 2. The van der Waals surface area contributed by atoms with Gasteiger partial charge in [0.05, 0.1) is 28.9 Å². The van der Waals surface area contributed by atoms with Crippen molar-refractivity contribution in [2.75, 3.05) is 31.1 Å². The van der Waals surface area contributed by atoms with Crippen molar-refractivity contribution >= 4 is 28.4 Å². The van der Waals surface area contributed by atoms with E-state index in [1.165, 1.54) is 10.9 Å². The molecule has 3 aromatic rings. The third-order valence-corrected chi connectivity index (χ3v) is 5.78. The van der Waals surface area contributed by atoms with E-state index < -0.39 is 0 Å². The van der Waals surface area contributed by atoms with E-state index >= 15 is 0 Å². The highest BCUT2D eigenvalue weighted by atomic mass is 16.2. The maximum Gasteiger partial charge on any atom is 0.261 e. The van der Waals surface area contributed by atoms with Crippen LogP contribution >= 0.6 is 0 Å². The Morgan fingerprint density at radius 2 is 1.82 bits per heavy atom. The molecule has 1 saturated heterocycles. The number of rotatable bonds is 5. The number of nitrogens with zero attached hydrogens (tertiary/aromatic N) is 5. The molecule has 4 rings (SSSR count). The lowest BCUT2D eigenvalue weighted by Crippen LogP contribution is -2.48. The van der Waals surface area contributed by atoms with Gasteiger partial charge in [0, 0.05) is 45.3 Å². The monoisotopic (exact) mass is 444 g/mol. The number of carbonyl (C=O) groups is 2. The lowest BCUT2D eigenvalue weighted by Gasteiger charge is -2.35. The summed E-state index contributed by atoms with van der Waals surface area (Å²) in [6, 6.07) is 14.5. The molecule has 168 valence electrons. The number of aromatic nitrogens is 2. The molecule has 1 fully saturated rings. The van der Waals surface area contributed by atoms with Gasteiger partial charge in [0.1, 0.15) is 6.54 Å². The Balaban J connectivity index is 1.45. The predicted molar refractivity (Wildman–Crippen MR) is 123 cm³/mol. The Kier molecular flexibility index (Phi) is 6.36. The number of piperazine rings is 1. The molecular formula is C24H24N6O3. The van der Waals surface area contributed by atoms with Gasteiger partial charge in [-0.25, -0.2) is 4.98 Å². The third-order valence-electron chi connectivity index (χ3n) is 5.78. The van der Waals surface area contributed by atoms with Crippen LogP contribution in [0.25, 0.3) is 10.9 Å². The fourth-order valence-electron chi connectivity index (χ4n) is 3.84. The fraction of sp³-hybridized carbons (Fsp3) is 0.292. The highest BCUT2D eigenvalue weighted by Crippen LogP contribution is 2.20. The molecule has 9 heteroatoms. The first-order valence-corrected chi connectivity index (χ1v) is 10.7. The van der Waals surface area contributed by atoms with E-state index in [1.54, 1.807) is 43.3 Å². The molecule has 1 N–H and O–H groups in total. The summed E-state index contributed by atoms with van der Waals surface area (Å²) in [5, 5.41) is 12.1. The van der Waals surface area contributed by atoms with Gasteiger partial charge in [-0.3, -0.25) is 19.0 Å². The first-order chi connectivity index (χ1) is 15.9. The molecule has 0 atom stereocenters. The van der Waals surface area contributed by atoms with Crippen molar-refractivity contribution < 1.29 is 9.59 Å². The minimum absolute atomic E-state index is 0.0673. The normalized spacial score (nSPS) is 13.6. The molecule has 0 radical (unpaired) electrons. The van der Waals surface area contributed by atoms with E-state index in [0.717, 1.165) is 11.3 Å². The Labute approximate surface area is 190 Å². The third kappa shape index (κ3) is 5.01. The predicted octanol–water partition coefficient (Wildman–Crippen LogP) is 1.25. The molecule has 0 saturated carbocycles. The zero-order valence-corrected chi connectivity index (χ0v) is 18.3. The first-order valence-electron chi connectivity index (χ1n) is 10.7. The quantitative estimate of drug-likeness (QED) is 0.634. The Hall–Kier alpha value is -4.19. The van der Waals surface area contributed by atoms with Gasteiger partial charge in [-0.15, -0.1) is 0 Å². The SMILES string of the molecule is CC(=O)N1CCN(c2ccc3ncn(CC(=O)NCc4ccc(C#N)cc4)c(=O)c3c2)CC1. The van der Waals surface area contributed by atoms with Gasteiger partial charge in [0.15, 0.2) is 0 Å². The van der Waals surface area contributed by atoms with Gasteiger partial charge in [0.25, 0.3) is 5.56 Å². The Bertz CT molecular complexity index is 1280.